The number of H-pyrrole nitrogens is 1. The minimum atomic E-state index is -4.59. The number of fused-ring (bicyclic) bond motifs is 2. The summed E-state index contributed by atoms with van der Waals surface area (Å²) in [5, 5.41) is 12.8. The second-order valence-electron chi connectivity index (χ2n) is 8.98. The van der Waals surface area contributed by atoms with Crippen LogP contribution in [0.25, 0.3) is 21.3 Å². The zero-order valence-electron chi connectivity index (χ0n) is 18.6. The Morgan fingerprint density at radius 1 is 1.43 bits per heavy atom. The Labute approximate surface area is 202 Å². The number of nitrogens with one attached hydrogen (secondary N) is 1. The molecule has 3 aromatic rings. The average molecular weight is 503 g/mol. The number of aliphatic imine (C=N–C) groups is 2. The summed E-state index contributed by atoms with van der Waals surface area (Å²) < 4.78 is 43.5. The van der Waals surface area contributed by atoms with Crippen molar-refractivity contribution in [2.75, 3.05) is 0 Å². The minimum absolute atomic E-state index is 0.170. The van der Waals surface area contributed by atoms with Crippen molar-refractivity contribution in [3.8, 4) is 10.4 Å². The largest absolute Gasteiger partial charge is 0.458 e. The Morgan fingerprint density at radius 2 is 2.23 bits per heavy atom. The number of allylic oxidation sites excluding steroid dienone is 2. The first-order valence-corrected chi connectivity index (χ1v) is 11.7. The molecule has 0 radical (unpaired) electrons. The molecule has 7 nitrogen and oxygen atoms in total. The van der Waals surface area contributed by atoms with E-state index in [0.29, 0.717) is 30.0 Å². The van der Waals surface area contributed by atoms with Crippen molar-refractivity contribution in [2.24, 2.45) is 15.9 Å². The van der Waals surface area contributed by atoms with Gasteiger partial charge in [0.2, 0.25) is 0 Å². The van der Waals surface area contributed by atoms with Gasteiger partial charge in [0.15, 0.2) is 0 Å². The van der Waals surface area contributed by atoms with Gasteiger partial charge in [0, 0.05) is 41.5 Å². The van der Waals surface area contributed by atoms with E-state index in [1.54, 1.807) is 18.3 Å². The van der Waals surface area contributed by atoms with Crippen molar-refractivity contribution in [1.29, 1.82) is 0 Å². The molecule has 11 heteroatoms. The fourth-order valence-corrected chi connectivity index (χ4v) is 5.89. The molecule has 35 heavy (non-hydrogen) atoms. The molecule has 3 heterocycles. The van der Waals surface area contributed by atoms with Crippen LogP contribution in [0.1, 0.15) is 31.2 Å². The lowest BCUT2D eigenvalue weighted by atomic mass is 9.66. The highest BCUT2D eigenvalue weighted by atomic mass is 32.1. The molecule has 1 saturated carbocycles. The number of aromatic amines is 1. The first-order chi connectivity index (χ1) is 16.5. The Kier molecular flexibility index (Phi) is 5.44. The summed E-state index contributed by atoms with van der Waals surface area (Å²) >= 11 is 1.38. The van der Waals surface area contributed by atoms with Crippen LogP contribution < -0.4 is 0 Å². The maximum atomic E-state index is 12.7. The highest BCUT2D eigenvalue weighted by Gasteiger charge is 2.60. The number of alkyl halides is 3. The number of nitrogens with zero attached hydrogens (tertiary/aromatic N) is 3. The van der Waals surface area contributed by atoms with Gasteiger partial charge in [-0.1, -0.05) is 6.07 Å². The van der Waals surface area contributed by atoms with Crippen LogP contribution in [0.3, 0.4) is 0 Å². The highest BCUT2D eigenvalue weighted by Crippen LogP contribution is 2.53. The molecule has 2 N–H and O–H groups in total. The zero-order valence-corrected chi connectivity index (χ0v) is 19.4. The van der Waals surface area contributed by atoms with Crippen LogP contribution in [0.5, 0.6) is 0 Å². The van der Waals surface area contributed by atoms with E-state index >= 15 is 0 Å². The summed E-state index contributed by atoms with van der Waals surface area (Å²) in [6, 6.07) is 5.24. The number of esters is 1. The van der Waals surface area contributed by atoms with E-state index in [4.69, 9.17) is 4.74 Å². The van der Waals surface area contributed by atoms with Gasteiger partial charge < -0.3 is 14.8 Å². The number of halogens is 3. The smallest absolute Gasteiger partial charge is 0.433 e. The number of aromatic nitrogens is 2. The molecule has 0 spiro atoms. The summed E-state index contributed by atoms with van der Waals surface area (Å²) in [5.74, 6) is -0.373. The maximum absolute atomic E-state index is 12.7. The van der Waals surface area contributed by atoms with E-state index in [2.05, 4.69) is 26.7 Å². The molecule has 1 saturated heterocycles. The molecule has 1 aliphatic heterocycles. The monoisotopic (exact) mass is 502 g/mol. The van der Waals surface area contributed by atoms with Crippen LogP contribution in [-0.4, -0.2) is 45.8 Å². The topological polar surface area (TPSA) is 99.9 Å². The van der Waals surface area contributed by atoms with Gasteiger partial charge in [0.1, 0.15) is 21.9 Å². The van der Waals surface area contributed by atoms with Crippen LogP contribution in [0.4, 0.5) is 18.9 Å². The molecule has 3 unspecified atom stereocenters. The fourth-order valence-electron chi connectivity index (χ4n) is 4.82. The molecule has 182 valence electrons. The van der Waals surface area contributed by atoms with E-state index in [1.165, 1.54) is 11.3 Å². The maximum Gasteiger partial charge on any atom is 0.433 e. The van der Waals surface area contributed by atoms with Gasteiger partial charge in [-0.2, -0.15) is 13.2 Å². The standard InChI is InChI=1S/C24H21F3N4O3S/c1-22-12-23(33,7-5-16(22)20(32)34-22)21-31-11-18(35-21)15-10-30-17-9-13(3-4-14(15)17)29-8-6-19(28-2)24(25,26)27/h3-4,6,8-11,16,30,33H,2,5,7,12H2,1H3/b19-6-,29-8-. The van der Waals surface area contributed by atoms with Crippen molar-refractivity contribution < 1.29 is 27.8 Å². The van der Waals surface area contributed by atoms with E-state index in [-0.39, 0.29) is 11.9 Å². The molecule has 2 aromatic heterocycles. The number of rotatable bonds is 5. The van der Waals surface area contributed by atoms with Crippen LogP contribution in [0.2, 0.25) is 0 Å². The normalized spacial score (nSPS) is 27.1. The van der Waals surface area contributed by atoms with E-state index < -0.39 is 23.1 Å². The summed E-state index contributed by atoms with van der Waals surface area (Å²) in [6.07, 6.45) is 2.04. The molecule has 1 aromatic carbocycles. The Morgan fingerprint density at radius 3 is 2.91 bits per heavy atom. The van der Waals surface area contributed by atoms with Crippen LogP contribution in [0.15, 0.2) is 52.4 Å². The zero-order chi connectivity index (χ0) is 25.0. The first kappa shape index (κ1) is 23.4. The molecule has 1 aliphatic carbocycles. The molecule has 2 fully saturated rings. The lowest BCUT2D eigenvalue weighted by molar-refractivity contribution is -0.235. The van der Waals surface area contributed by atoms with Gasteiger partial charge in [-0.05, 0) is 44.7 Å². The van der Waals surface area contributed by atoms with Crippen molar-refractivity contribution in [3.63, 3.8) is 0 Å². The third-order valence-electron chi connectivity index (χ3n) is 6.60. The third-order valence-corrected chi connectivity index (χ3v) is 7.82. The fraction of sp³-hybridized carbons (Fsp3) is 0.333. The summed E-state index contributed by atoms with van der Waals surface area (Å²) in [7, 11) is 0. The van der Waals surface area contributed by atoms with Gasteiger partial charge in [0.25, 0.3) is 0 Å². The van der Waals surface area contributed by atoms with E-state index in [9.17, 15) is 23.1 Å². The van der Waals surface area contributed by atoms with Gasteiger partial charge >= 0.3 is 12.1 Å². The predicted octanol–water partition coefficient (Wildman–Crippen LogP) is 5.44. The van der Waals surface area contributed by atoms with Crippen molar-refractivity contribution in [1.82, 2.24) is 9.97 Å². The lowest BCUT2D eigenvalue weighted by Crippen LogP contribution is -2.61. The summed E-state index contributed by atoms with van der Waals surface area (Å²) in [6.45, 7) is 4.79. The lowest BCUT2D eigenvalue weighted by Gasteiger charge is -2.52. The first-order valence-electron chi connectivity index (χ1n) is 10.8. The SMILES string of the molecule is C=N/C(=C\C=N/c1ccc2c(-c3cnc(C4(O)CCC5C(=O)OC5(C)C4)s3)c[nH]c2c1)C(F)(F)F. The number of carbonyl (C=O) groups is 1. The van der Waals surface area contributed by atoms with Gasteiger partial charge in [-0.25, -0.2) is 4.98 Å². The number of carbonyl (C=O) groups excluding carboxylic acids is 1. The minimum Gasteiger partial charge on any atom is -0.458 e. The van der Waals surface area contributed by atoms with E-state index in [1.807, 2.05) is 19.2 Å². The quantitative estimate of drug-likeness (QED) is 0.358. The second-order valence-corrected chi connectivity index (χ2v) is 10.0. The molecule has 0 bridgehead atoms. The Hall–Kier alpha value is -3.31. The average Bonchev–Trinajstić information content (AvgIpc) is 3.42. The number of benzene rings is 1. The molecule has 0 amide bonds. The Bertz CT molecular complexity index is 1390. The summed E-state index contributed by atoms with van der Waals surface area (Å²) in [4.78, 5) is 27.2. The number of aliphatic hydroxyl groups is 1. The molecule has 5 rings (SSSR count). The van der Waals surface area contributed by atoms with Gasteiger partial charge in [0.05, 0.1) is 16.5 Å². The van der Waals surface area contributed by atoms with Crippen molar-refractivity contribution >= 4 is 46.8 Å². The third kappa shape index (κ3) is 4.08. The van der Waals surface area contributed by atoms with Crippen LogP contribution in [-0.2, 0) is 15.1 Å². The van der Waals surface area contributed by atoms with Crippen LogP contribution >= 0.6 is 11.3 Å². The van der Waals surface area contributed by atoms with E-state index in [0.717, 1.165) is 33.6 Å². The number of hydrogen-bond acceptors (Lipinski definition) is 7. The molecular weight excluding hydrogens is 481 g/mol. The second kappa shape index (κ2) is 8.13. The number of thiazole rings is 1. The summed E-state index contributed by atoms with van der Waals surface area (Å²) in [5.41, 5.74) is -0.845. The molecule has 3 atom stereocenters. The van der Waals surface area contributed by atoms with Crippen molar-refractivity contribution in [2.45, 2.75) is 43.6 Å². The van der Waals surface area contributed by atoms with Gasteiger partial charge in [-0.3, -0.25) is 14.8 Å². The molecular formula is C24H21F3N4O3S. The van der Waals surface area contributed by atoms with Crippen molar-refractivity contribution in [3.05, 3.63) is 47.4 Å². The predicted molar refractivity (Wildman–Crippen MR) is 127 cm³/mol. The van der Waals surface area contributed by atoms with Crippen LogP contribution in [0, 0.1) is 5.92 Å². The number of ether oxygens (including phenoxy) is 1. The molecule has 2 aliphatic rings. The highest BCUT2D eigenvalue weighted by molar-refractivity contribution is 7.15. The Balaban J connectivity index is 1.37. The number of hydrogen-bond donors (Lipinski definition) is 2. The van der Waals surface area contributed by atoms with Gasteiger partial charge in [-0.15, -0.1) is 11.3 Å².